The summed E-state index contributed by atoms with van der Waals surface area (Å²) < 4.78 is 29.7. The highest BCUT2D eigenvalue weighted by molar-refractivity contribution is 5.76. The molecule has 1 N–H and O–H groups in total. The van der Waals surface area contributed by atoms with Crippen LogP contribution in [0.5, 0.6) is 0 Å². The summed E-state index contributed by atoms with van der Waals surface area (Å²) in [5, 5.41) is 6.72. The number of fused-ring (bicyclic) bond motifs is 1. The van der Waals surface area contributed by atoms with E-state index in [1.807, 2.05) is 12.1 Å². The van der Waals surface area contributed by atoms with Gasteiger partial charge in [0.2, 0.25) is 11.7 Å². The van der Waals surface area contributed by atoms with Gasteiger partial charge in [-0.15, -0.1) is 0 Å². The van der Waals surface area contributed by atoms with E-state index in [2.05, 4.69) is 20.0 Å². The van der Waals surface area contributed by atoms with E-state index in [-0.39, 0.29) is 17.8 Å². The Kier molecular flexibility index (Phi) is 4.23. The van der Waals surface area contributed by atoms with Gasteiger partial charge < -0.3 is 9.84 Å². The predicted molar refractivity (Wildman–Crippen MR) is 85.9 cm³/mol. The van der Waals surface area contributed by atoms with Crippen LogP contribution in [-0.4, -0.2) is 16.0 Å². The molecule has 4 rings (SSSR count). The van der Waals surface area contributed by atoms with Crippen molar-refractivity contribution in [2.45, 2.75) is 51.0 Å². The zero-order valence-corrected chi connectivity index (χ0v) is 13.7. The van der Waals surface area contributed by atoms with Crippen molar-refractivity contribution in [2.75, 3.05) is 0 Å². The molecule has 2 aliphatic carbocycles. The molecule has 1 heterocycles. The second-order valence-corrected chi connectivity index (χ2v) is 6.81. The van der Waals surface area contributed by atoms with E-state index in [9.17, 15) is 13.6 Å². The fraction of sp³-hybridized carbons (Fsp3) is 0.500. The predicted octanol–water partition coefficient (Wildman–Crippen LogP) is 3.97. The number of amides is 1. The quantitative estimate of drug-likeness (QED) is 0.858. The number of alkyl halides is 2. The smallest absolute Gasteiger partial charge is 0.315 e. The van der Waals surface area contributed by atoms with E-state index in [4.69, 9.17) is 0 Å². The maximum atomic E-state index is 12.6. The molecule has 0 radical (unpaired) electrons. The summed E-state index contributed by atoms with van der Waals surface area (Å²) in [4.78, 5) is 15.8. The van der Waals surface area contributed by atoms with Crippen molar-refractivity contribution >= 4 is 5.91 Å². The summed E-state index contributed by atoms with van der Waals surface area (Å²) in [6.45, 7) is 0. The normalized spacial score (nSPS) is 19.2. The van der Waals surface area contributed by atoms with Gasteiger partial charge in [0.1, 0.15) is 0 Å². The molecular formula is C18H19F2N3O2. The highest BCUT2D eigenvalue weighted by atomic mass is 19.3. The molecule has 25 heavy (non-hydrogen) atoms. The van der Waals surface area contributed by atoms with Crippen LogP contribution in [0, 0.1) is 5.92 Å². The summed E-state index contributed by atoms with van der Waals surface area (Å²) >= 11 is 0. The molecule has 2 aromatic rings. The molecular weight excluding hydrogens is 328 g/mol. The first-order valence-corrected chi connectivity index (χ1v) is 8.64. The maximum absolute atomic E-state index is 12.6. The Labute approximate surface area is 143 Å². The van der Waals surface area contributed by atoms with Crippen LogP contribution in [0.1, 0.15) is 61.6 Å². The number of nitrogens with one attached hydrogen (secondary N) is 1. The lowest BCUT2D eigenvalue weighted by Crippen LogP contribution is -2.26. The highest BCUT2D eigenvalue weighted by Crippen LogP contribution is 2.35. The van der Waals surface area contributed by atoms with Gasteiger partial charge >= 0.3 is 6.43 Å². The summed E-state index contributed by atoms with van der Waals surface area (Å²) in [5.41, 5.74) is 2.82. The molecule has 0 saturated heterocycles. The summed E-state index contributed by atoms with van der Waals surface area (Å²) in [6, 6.07) is 5.62. The monoisotopic (exact) mass is 347 g/mol. The zero-order valence-electron chi connectivity index (χ0n) is 13.7. The van der Waals surface area contributed by atoms with E-state index >= 15 is 0 Å². The third-order valence-corrected chi connectivity index (χ3v) is 4.92. The van der Waals surface area contributed by atoms with Gasteiger partial charge in [-0.1, -0.05) is 30.1 Å². The van der Waals surface area contributed by atoms with Crippen LogP contribution in [-0.2, 0) is 11.2 Å². The average Bonchev–Trinajstić information content (AvgIpc) is 3.14. The van der Waals surface area contributed by atoms with Gasteiger partial charge in [0.05, 0.1) is 6.04 Å². The topological polar surface area (TPSA) is 68.0 Å². The Morgan fingerprint density at radius 2 is 2.16 bits per heavy atom. The van der Waals surface area contributed by atoms with Gasteiger partial charge in [0.15, 0.2) is 0 Å². The van der Waals surface area contributed by atoms with Gasteiger partial charge in [-0.05, 0) is 42.4 Å². The van der Waals surface area contributed by atoms with Gasteiger partial charge in [-0.2, -0.15) is 13.8 Å². The van der Waals surface area contributed by atoms with Crippen molar-refractivity contribution in [1.82, 2.24) is 15.5 Å². The number of rotatable bonds is 6. The molecule has 2 aliphatic rings. The average molecular weight is 347 g/mol. The fourth-order valence-electron chi connectivity index (χ4n) is 3.36. The first-order valence-electron chi connectivity index (χ1n) is 8.64. The van der Waals surface area contributed by atoms with E-state index in [0.717, 1.165) is 36.3 Å². The largest absolute Gasteiger partial charge is 0.349 e. The van der Waals surface area contributed by atoms with Crippen LogP contribution in [0.4, 0.5) is 8.78 Å². The first-order chi connectivity index (χ1) is 12.1. The molecule has 0 spiro atoms. The number of benzene rings is 1. The number of carbonyl (C=O) groups excluding carboxylic acids is 1. The fourth-order valence-corrected chi connectivity index (χ4v) is 3.36. The number of aromatic nitrogens is 2. The van der Waals surface area contributed by atoms with Crippen molar-refractivity contribution in [2.24, 2.45) is 5.92 Å². The number of carbonyl (C=O) groups is 1. The van der Waals surface area contributed by atoms with E-state index in [1.165, 1.54) is 12.8 Å². The number of nitrogens with zero attached hydrogens (tertiary/aromatic N) is 2. The molecule has 132 valence electrons. The van der Waals surface area contributed by atoms with Crippen molar-refractivity contribution in [3.05, 3.63) is 35.2 Å². The minimum atomic E-state index is -2.77. The molecule has 1 atom stereocenters. The Hall–Kier alpha value is -2.31. The lowest BCUT2D eigenvalue weighted by Gasteiger charge is -2.14. The van der Waals surface area contributed by atoms with Gasteiger partial charge in [-0.25, -0.2) is 0 Å². The number of aryl methyl sites for hydroxylation is 1. The van der Waals surface area contributed by atoms with Gasteiger partial charge in [0.25, 0.3) is 5.89 Å². The molecule has 0 aliphatic heterocycles. The van der Waals surface area contributed by atoms with Crippen LogP contribution in [0.2, 0.25) is 0 Å². The van der Waals surface area contributed by atoms with Crippen molar-refractivity contribution < 1.29 is 18.1 Å². The Morgan fingerprint density at radius 3 is 2.88 bits per heavy atom. The van der Waals surface area contributed by atoms with E-state index < -0.39 is 12.3 Å². The molecule has 5 nitrogen and oxygen atoms in total. The molecule has 7 heteroatoms. The standard InChI is InChI=1S/C18H19F2N3O2/c19-16(20)18-22-17(23-25-18)12-4-6-13-11(9-12)5-7-14(13)21-15(24)8-3-10-1-2-10/h4,6,9-10,14,16H,1-3,5,7-8H2,(H,21,24)/t14-/m1/s1. The minimum absolute atomic E-state index is 0.0256. The van der Waals surface area contributed by atoms with Crippen LogP contribution >= 0.6 is 0 Å². The lowest BCUT2D eigenvalue weighted by atomic mass is 10.0. The second-order valence-electron chi connectivity index (χ2n) is 6.81. The molecule has 0 unspecified atom stereocenters. The van der Waals surface area contributed by atoms with Crippen LogP contribution in [0.3, 0.4) is 0 Å². The van der Waals surface area contributed by atoms with Crippen molar-refractivity contribution in [3.63, 3.8) is 0 Å². The van der Waals surface area contributed by atoms with Gasteiger partial charge in [0, 0.05) is 12.0 Å². The molecule has 0 bridgehead atoms. The Morgan fingerprint density at radius 1 is 1.32 bits per heavy atom. The number of hydrogen-bond donors (Lipinski definition) is 1. The Bertz CT molecular complexity index is 786. The minimum Gasteiger partial charge on any atom is -0.349 e. The van der Waals surface area contributed by atoms with Gasteiger partial charge in [-0.3, -0.25) is 4.79 Å². The molecule has 1 aromatic carbocycles. The van der Waals surface area contributed by atoms with Crippen molar-refractivity contribution in [1.29, 1.82) is 0 Å². The summed E-state index contributed by atoms with van der Waals surface area (Å²) in [7, 11) is 0. The third-order valence-electron chi connectivity index (χ3n) is 4.92. The number of halogens is 2. The highest BCUT2D eigenvalue weighted by Gasteiger charge is 2.27. The van der Waals surface area contributed by atoms with Crippen LogP contribution in [0.25, 0.3) is 11.4 Å². The van der Waals surface area contributed by atoms with Crippen LogP contribution < -0.4 is 5.32 Å². The SMILES string of the molecule is O=C(CCC1CC1)N[C@@H]1CCc2cc(-c3noc(C(F)F)n3)ccc21. The van der Waals surface area contributed by atoms with Crippen LogP contribution in [0.15, 0.2) is 22.7 Å². The lowest BCUT2D eigenvalue weighted by molar-refractivity contribution is -0.122. The van der Waals surface area contributed by atoms with Crippen molar-refractivity contribution in [3.8, 4) is 11.4 Å². The first kappa shape index (κ1) is 16.2. The Balaban J connectivity index is 1.45. The number of hydrogen-bond acceptors (Lipinski definition) is 4. The molecule has 1 aromatic heterocycles. The second kappa shape index (κ2) is 6.54. The molecule has 1 amide bonds. The molecule has 1 fully saturated rings. The molecule has 1 saturated carbocycles. The third kappa shape index (κ3) is 3.55. The zero-order chi connectivity index (χ0) is 17.4. The summed E-state index contributed by atoms with van der Waals surface area (Å²) in [5.74, 6) is 0.345. The summed E-state index contributed by atoms with van der Waals surface area (Å²) in [6.07, 6.45) is 2.99. The van der Waals surface area contributed by atoms with E-state index in [0.29, 0.717) is 12.0 Å². The van der Waals surface area contributed by atoms with E-state index in [1.54, 1.807) is 6.07 Å². The maximum Gasteiger partial charge on any atom is 0.315 e.